The van der Waals surface area contributed by atoms with Crippen molar-refractivity contribution in [3.05, 3.63) is 29.8 Å². The van der Waals surface area contributed by atoms with Gasteiger partial charge in [-0.25, -0.2) is 0 Å². The van der Waals surface area contributed by atoms with Crippen molar-refractivity contribution < 1.29 is 17.9 Å². The molecule has 0 aliphatic heterocycles. The van der Waals surface area contributed by atoms with Crippen LogP contribution in [0.5, 0.6) is 5.75 Å². The fourth-order valence-corrected chi connectivity index (χ4v) is 1.69. The molecule has 0 unspecified atom stereocenters. The predicted molar refractivity (Wildman–Crippen MR) is 62.5 cm³/mol. The Hall–Kier alpha value is -1.23. The Balaban J connectivity index is 1.80. The minimum absolute atomic E-state index is 0.0989. The van der Waals surface area contributed by atoms with Gasteiger partial charge in [0, 0.05) is 6.54 Å². The number of ether oxygens (including phenoxy) is 1. The lowest BCUT2D eigenvalue weighted by Gasteiger charge is -2.13. The van der Waals surface area contributed by atoms with E-state index in [0.29, 0.717) is 6.54 Å². The van der Waals surface area contributed by atoms with Crippen molar-refractivity contribution >= 4 is 0 Å². The van der Waals surface area contributed by atoms with Gasteiger partial charge in [-0.1, -0.05) is 12.1 Å². The van der Waals surface area contributed by atoms with Crippen LogP contribution in [0.15, 0.2) is 24.3 Å². The first-order chi connectivity index (χ1) is 8.57. The number of nitrogens with one attached hydrogen (secondary N) is 1. The fourth-order valence-electron chi connectivity index (χ4n) is 1.69. The van der Waals surface area contributed by atoms with E-state index in [0.717, 1.165) is 18.5 Å². The highest BCUT2D eigenvalue weighted by Gasteiger charge is 2.33. The maximum Gasteiger partial charge on any atom is 0.419 e. The Morgan fingerprint density at radius 3 is 2.61 bits per heavy atom. The summed E-state index contributed by atoms with van der Waals surface area (Å²) in [6.45, 7) is 1.76. The van der Waals surface area contributed by atoms with Gasteiger partial charge < -0.3 is 10.1 Å². The lowest BCUT2D eigenvalue weighted by atomic mass is 10.2. The van der Waals surface area contributed by atoms with Gasteiger partial charge >= 0.3 is 6.18 Å². The molecule has 5 heteroatoms. The van der Waals surface area contributed by atoms with E-state index in [4.69, 9.17) is 4.74 Å². The summed E-state index contributed by atoms with van der Waals surface area (Å²) in [6, 6.07) is 5.29. The van der Waals surface area contributed by atoms with E-state index in [1.54, 1.807) is 6.07 Å². The Kier molecular flexibility index (Phi) is 4.11. The third-order valence-corrected chi connectivity index (χ3v) is 2.86. The molecule has 18 heavy (non-hydrogen) atoms. The third kappa shape index (κ3) is 3.91. The molecule has 1 fully saturated rings. The first-order valence-electron chi connectivity index (χ1n) is 6.07. The lowest BCUT2D eigenvalue weighted by molar-refractivity contribution is -0.138. The number of para-hydroxylation sites is 1. The quantitative estimate of drug-likeness (QED) is 0.793. The Labute approximate surface area is 104 Å². The average molecular weight is 259 g/mol. The summed E-state index contributed by atoms with van der Waals surface area (Å²) in [6.07, 6.45) is -1.85. The third-order valence-electron chi connectivity index (χ3n) is 2.86. The maximum absolute atomic E-state index is 12.6. The molecule has 0 heterocycles. The summed E-state index contributed by atoms with van der Waals surface area (Å²) in [4.78, 5) is 0. The second kappa shape index (κ2) is 5.61. The molecular formula is C13H16F3NO. The van der Waals surface area contributed by atoms with Gasteiger partial charge in [-0.2, -0.15) is 13.2 Å². The van der Waals surface area contributed by atoms with Crippen molar-refractivity contribution in [2.24, 2.45) is 5.92 Å². The van der Waals surface area contributed by atoms with Crippen molar-refractivity contribution in [2.75, 3.05) is 19.7 Å². The molecule has 0 radical (unpaired) electrons. The summed E-state index contributed by atoms with van der Waals surface area (Å²) < 4.78 is 43.1. The van der Waals surface area contributed by atoms with Crippen LogP contribution in [0.4, 0.5) is 13.2 Å². The van der Waals surface area contributed by atoms with Crippen LogP contribution in [-0.4, -0.2) is 19.7 Å². The monoisotopic (exact) mass is 259 g/mol. The first-order valence-corrected chi connectivity index (χ1v) is 6.07. The molecular weight excluding hydrogens is 243 g/mol. The molecule has 1 aromatic carbocycles. The van der Waals surface area contributed by atoms with Crippen LogP contribution in [0.3, 0.4) is 0 Å². The van der Waals surface area contributed by atoms with Crippen molar-refractivity contribution in [3.8, 4) is 5.75 Å². The van der Waals surface area contributed by atoms with E-state index in [9.17, 15) is 13.2 Å². The number of halogens is 3. The molecule has 100 valence electrons. The molecule has 1 aliphatic rings. The van der Waals surface area contributed by atoms with E-state index in [1.807, 2.05) is 0 Å². The van der Waals surface area contributed by atoms with Crippen molar-refractivity contribution in [2.45, 2.75) is 19.0 Å². The minimum atomic E-state index is -4.36. The van der Waals surface area contributed by atoms with E-state index < -0.39 is 11.7 Å². The summed E-state index contributed by atoms with van der Waals surface area (Å²) >= 11 is 0. The number of benzene rings is 1. The van der Waals surface area contributed by atoms with Crippen molar-refractivity contribution in [1.82, 2.24) is 5.32 Å². The Morgan fingerprint density at radius 2 is 1.94 bits per heavy atom. The molecule has 0 bridgehead atoms. The van der Waals surface area contributed by atoms with Crippen LogP contribution in [0.1, 0.15) is 18.4 Å². The van der Waals surface area contributed by atoms with E-state index >= 15 is 0 Å². The molecule has 1 aliphatic carbocycles. The average Bonchev–Trinajstić information content (AvgIpc) is 3.12. The summed E-state index contributed by atoms with van der Waals surface area (Å²) in [5, 5.41) is 3.17. The van der Waals surface area contributed by atoms with Crippen molar-refractivity contribution in [1.29, 1.82) is 0 Å². The molecule has 0 atom stereocenters. The second-order valence-corrected chi connectivity index (χ2v) is 4.49. The summed E-state index contributed by atoms with van der Waals surface area (Å²) in [7, 11) is 0. The van der Waals surface area contributed by atoms with Gasteiger partial charge in [-0.3, -0.25) is 0 Å². The van der Waals surface area contributed by atoms with Crippen LogP contribution >= 0.6 is 0 Å². The highest BCUT2D eigenvalue weighted by atomic mass is 19.4. The van der Waals surface area contributed by atoms with Gasteiger partial charge in [0.25, 0.3) is 0 Å². The highest BCUT2D eigenvalue weighted by molar-refractivity contribution is 5.35. The second-order valence-electron chi connectivity index (χ2n) is 4.49. The number of hydrogen-bond donors (Lipinski definition) is 1. The molecule has 0 spiro atoms. The molecule has 0 amide bonds. The maximum atomic E-state index is 12.6. The van der Waals surface area contributed by atoms with Gasteiger partial charge in [-0.05, 0) is 37.4 Å². The van der Waals surface area contributed by atoms with Gasteiger partial charge in [0.1, 0.15) is 12.4 Å². The molecule has 1 aromatic rings. The van der Waals surface area contributed by atoms with Crippen LogP contribution < -0.4 is 10.1 Å². The zero-order valence-electron chi connectivity index (χ0n) is 9.96. The van der Waals surface area contributed by atoms with Crippen LogP contribution in [0.2, 0.25) is 0 Å². The molecule has 2 rings (SSSR count). The topological polar surface area (TPSA) is 21.3 Å². The minimum Gasteiger partial charge on any atom is -0.492 e. The zero-order chi connectivity index (χ0) is 13.0. The van der Waals surface area contributed by atoms with E-state index in [2.05, 4.69) is 5.32 Å². The smallest absolute Gasteiger partial charge is 0.419 e. The largest absolute Gasteiger partial charge is 0.492 e. The van der Waals surface area contributed by atoms with Crippen LogP contribution in [-0.2, 0) is 6.18 Å². The SMILES string of the molecule is FC(F)(F)c1ccccc1OCCNCC1CC1. The molecule has 0 aromatic heterocycles. The Bertz CT molecular complexity index is 388. The fraction of sp³-hybridized carbons (Fsp3) is 0.538. The first kappa shape index (κ1) is 13.2. The summed E-state index contributed by atoms with van der Waals surface area (Å²) in [5.41, 5.74) is -0.716. The zero-order valence-corrected chi connectivity index (χ0v) is 9.96. The summed E-state index contributed by atoms with van der Waals surface area (Å²) in [5.74, 6) is 0.658. The number of alkyl halides is 3. The molecule has 0 saturated heterocycles. The van der Waals surface area contributed by atoms with Gasteiger partial charge in [0.05, 0.1) is 5.56 Å². The molecule has 2 nitrogen and oxygen atoms in total. The van der Waals surface area contributed by atoms with Crippen LogP contribution in [0.25, 0.3) is 0 Å². The number of rotatable bonds is 6. The van der Waals surface area contributed by atoms with Gasteiger partial charge in [0.15, 0.2) is 0 Å². The van der Waals surface area contributed by atoms with Gasteiger partial charge in [0.2, 0.25) is 0 Å². The number of hydrogen-bond acceptors (Lipinski definition) is 2. The molecule has 1 N–H and O–H groups in total. The lowest BCUT2D eigenvalue weighted by Crippen LogP contribution is -2.23. The highest BCUT2D eigenvalue weighted by Crippen LogP contribution is 2.35. The normalized spacial score (nSPS) is 15.7. The van der Waals surface area contributed by atoms with E-state index in [1.165, 1.54) is 25.0 Å². The molecule has 1 saturated carbocycles. The standard InChI is InChI=1S/C13H16F3NO/c14-13(15,16)11-3-1-2-4-12(11)18-8-7-17-9-10-5-6-10/h1-4,10,17H,5-9H2. The van der Waals surface area contributed by atoms with Gasteiger partial charge in [-0.15, -0.1) is 0 Å². The predicted octanol–water partition coefficient (Wildman–Crippen LogP) is 3.08. The van der Waals surface area contributed by atoms with Crippen molar-refractivity contribution in [3.63, 3.8) is 0 Å². The van der Waals surface area contributed by atoms with E-state index in [-0.39, 0.29) is 12.4 Å². The van der Waals surface area contributed by atoms with Crippen LogP contribution in [0, 0.1) is 5.92 Å². The Morgan fingerprint density at radius 1 is 1.22 bits per heavy atom.